The van der Waals surface area contributed by atoms with Gasteiger partial charge in [0.05, 0.1) is 6.54 Å². The largest absolute Gasteiger partial charge is 0.303 e. The first-order chi connectivity index (χ1) is 8.72. The summed E-state index contributed by atoms with van der Waals surface area (Å²) in [7, 11) is 0. The Labute approximate surface area is 108 Å². The molecule has 1 aromatic carbocycles. The van der Waals surface area contributed by atoms with Crippen LogP contribution in [0.1, 0.15) is 36.8 Å². The Bertz CT molecular complexity index is 504. The molecule has 0 spiro atoms. The molecule has 4 heteroatoms. The summed E-state index contributed by atoms with van der Waals surface area (Å²) < 4.78 is 1.91. The van der Waals surface area contributed by atoms with E-state index >= 15 is 0 Å². The molecule has 1 atom stereocenters. The van der Waals surface area contributed by atoms with E-state index in [0.717, 1.165) is 18.9 Å². The maximum Gasteiger partial charge on any atom is 0.140 e. The summed E-state index contributed by atoms with van der Waals surface area (Å²) in [4.78, 5) is 4.26. The zero-order valence-electron chi connectivity index (χ0n) is 11.2. The van der Waals surface area contributed by atoms with E-state index in [1.807, 2.05) is 4.68 Å². The standard InChI is InChI=1S/C14H20N4/c1-4-18-14(16-10-17-18)9-15-12(3)13-8-6-5-7-11(13)2/h5-8,10,12,15H,4,9H2,1-3H3/t12-/m1/s1. The zero-order valence-corrected chi connectivity index (χ0v) is 11.2. The van der Waals surface area contributed by atoms with Gasteiger partial charge in [-0.1, -0.05) is 24.3 Å². The van der Waals surface area contributed by atoms with E-state index in [2.05, 4.69) is 60.4 Å². The molecule has 1 heterocycles. The molecule has 0 radical (unpaired) electrons. The Balaban J connectivity index is 2.01. The topological polar surface area (TPSA) is 42.7 Å². The minimum atomic E-state index is 0.313. The van der Waals surface area contributed by atoms with Gasteiger partial charge in [0.15, 0.2) is 0 Å². The highest BCUT2D eigenvalue weighted by atomic mass is 15.3. The van der Waals surface area contributed by atoms with Gasteiger partial charge < -0.3 is 5.32 Å². The molecule has 1 aromatic heterocycles. The number of rotatable bonds is 5. The van der Waals surface area contributed by atoms with Gasteiger partial charge in [0, 0.05) is 12.6 Å². The fraction of sp³-hybridized carbons (Fsp3) is 0.429. The maximum absolute atomic E-state index is 4.26. The molecule has 0 aliphatic rings. The molecule has 18 heavy (non-hydrogen) atoms. The lowest BCUT2D eigenvalue weighted by Crippen LogP contribution is -2.21. The highest BCUT2D eigenvalue weighted by Gasteiger charge is 2.09. The first-order valence-corrected chi connectivity index (χ1v) is 6.38. The van der Waals surface area contributed by atoms with Crippen molar-refractivity contribution in [3.63, 3.8) is 0 Å². The van der Waals surface area contributed by atoms with Gasteiger partial charge in [0.1, 0.15) is 12.2 Å². The Morgan fingerprint density at radius 3 is 2.83 bits per heavy atom. The van der Waals surface area contributed by atoms with Gasteiger partial charge in [-0.3, -0.25) is 0 Å². The Morgan fingerprint density at radius 2 is 2.11 bits per heavy atom. The van der Waals surface area contributed by atoms with Crippen molar-refractivity contribution >= 4 is 0 Å². The van der Waals surface area contributed by atoms with Gasteiger partial charge >= 0.3 is 0 Å². The lowest BCUT2D eigenvalue weighted by molar-refractivity contribution is 0.522. The van der Waals surface area contributed by atoms with Gasteiger partial charge in [0.25, 0.3) is 0 Å². The Kier molecular flexibility index (Phi) is 4.10. The summed E-state index contributed by atoms with van der Waals surface area (Å²) in [6, 6.07) is 8.77. The quantitative estimate of drug-likeness (QED) is 0.878. The molecule has 2 aromatic rings. The van der Waals surface area contributed by atoms with Gasteiger partial charge in [-0.15, -0.1) is 0 Å². The van der Waals surface area contributed by atoms with Crippen molar-refractivity contribution in [2.24, 2.45) is 0 Å². The average Bonchev–Trinajstić information content (AvgIpc) is 2.84. The summed E-state index contributed by atoms with van der Waals surface area (Å²) in [5, 5.41) is 7.66. The normalized spacial score (nSPS) is 12.6. The third-order valence-corrected chi connectivity index (χ3v) is 3.22. The van der Waals surface area contributed by atoms with E-state index in [1.54, 1.807) is 6.33 Å². The second-order valence-corrected chi connectivity index (χ2v) is 4.45. The van der Waals surface area contributed by atoms with E-state index in [9.17, 15) is 0 Å². The average molecular weight is 244 g/mol. The van der Waals surface area contributed by atoms with Crippen LogP contribution in [0, 0.1) is 6.92 Å². The van der Waals surface area contributed by atoms with Crippen LogP contribution in [-0.2, 0) is 13.1 Å². The van der Waals surface area contributed by atoms with Crippen LogP contribution in [0.4, 0.5) is 0 Å². The van der Waals surface area contributed by atoms with E-state index in [4.69, 9.17) is 0 Å². The highest BCUT2D eigenvalue weighted by molar-refractivity contribution is 5.28. The summed E-state index contributed by atoms with van der Waals surface area (Å²) >= 11 is 0. The molecule has 0 fully saturated rings. The predicted octanol–water partition coefficient (Wildman–Crippen LogP) is 2.46. The fourth-order valence-corrected chi connectivity index (χ4v) is 2.12. The van der Waals surface area contributed by atoms with Gasteiger partial charge in [-0.05, 0) is 31.9 Å². The van der Waals surface area contributed by atoms with Gasteiger partial charge in [0.2, 0.25) is 0 Å². The second kappa shape index (κ2) is 5.78. The third kappa shape index (κ3) is 2.76. The number of nitrogens with one attached hydrogen (secondary N) is 1. The molecule has 0 bridgehead atoms. The van der Waals surface area contributed by atoms with Crippen LogP contribution in [0.25, 0.3) is 0 Å². The number of hydrogen-bond acceptors (Lipinski definition) is 3. The number of nitrogens with zero attached hydrogens (tertiary/aromatic N) is 3. The second-order valence-electron chi connectivity index (χ2n) is 4.45. The molecule has 0 saturated heterocycles. The summed E-state index contributed by atoms with van der Waals surface area (Å²) in [6.45, 7) is 7.99. The third-order valence-electron chi connectivity index (χ3n) is 3.22. The van der Waals surface area contributed by atoms with Crippen LogP contribution in [0.15, 0.2) is 30.6 Å². The van der Waals surface area contributed by atoms with Crippen LogP contribution in [-0.4, -0.2) is 14.8 Å². The molecule has 0 aliphatic carbocycles. The van der Waals surface area contributed by atoms with Crippen molar-refractivity contribution in [3.8, 4) is 0 Å². The van der Waals surface area contributed by atoms with Crippen molar-refractivity contribution in [3.05, 3.63) is 47.5 Å². The van der Waals surface area contributed by atoms with Crippen molar-refractivity contribution in [2.45, 2.75) is 39.9 Å². The van der Waals surface area contributed by atoms with Gasteiger partial charge in [-0.25, -0.2) is 9.67 Å². The molecule has 0 aliphatic heterocycles. The molecule has 0 amide bonds. The van der Waals surface area contributed by atoms with Gasteiger partial charge in [-0.2, -0.15) is 5.10 Å². The van der Waals surface area contributed by atoms with Crippen molar-refractivity contribution in [2.75, 3.05) is 0 Å². The number of aromatic nitrogens is 3. The first kappa shape index (κ1) is 12.8. The van der Waals surface area contributed by atoms with Crippen molar-refractivity contribution < 1.29 is 0 Å². The number of hydrogen-bond donors (Lipinski definition) is 1. The smallest absolute Gasteiger partial charge is 0.140 e. The van der Waals surface area contributed by atoms with E-state index in [0.29, 0.717) is 6.04 Å². The molecule has 2 rings (SSSR count). The number of aryl methyl sites for hydroxylation is 2. The fourth-order valence-electron chi connectivity index (χ4n) is 2.12. The lowest BCUT2D eigenvalue weighted by Gasteiger charge is -2.16. The number of benzene rings is 1. The predicted molar refractivity (Wildman–Crippen MR) is 72.1 cm³/mol. The molecular weight excluding hydrogens is 224 g/mol. The van der Waals surface area contributed by atoms with E-state index in [-0.39, 0.29) is 0 Å². The van der Waals surface area contributed by atoms with Crippen LogP contribution in [0.2, 0.25) is 0 Å². The molecule has 4 nitrogen and oxygen atoms in total. The van der Waals surface area contributed by atoms with Crippen LogP contribution in [0.3, 0.4) is 0 Å². The molecule has 0 unspecified atom stereocenters. The first-order valence-electron chi connectivity index (χ1n) is 6.38. The van der Waals surface area contributed by atoms with Crippen LogP contribution in [0.5, 0.6) is 0 Å². The van der Waals surface area contributed by atoms with Crippen molar-refractivity contribution in [1.29, 1.82) is 0 Å². The highest BCUT2D eigenvalue weighted by Crippen LogP contribution is 2.16. The van der Waals surface area contributed by atoms with Crippen molar-refractivity contribution in [1.82, 2.24) is 20.1 Å². The minimum Gasteiger partial charge on any atom is -0.303 e. The Morgan fingerprint density at radius 1 is 1.33 bits per heavy atom. The maximum atomic E-state index is 4.26. The van der Waals surface area contributed by atoms with Crippen LogP contribution < -0.4 is 5.32 Å². The summed E-state index contributed by atoms with van der Waals surface area (Å²) in [5.41, 5.74) is 2.65. The molecular formula is C14H20N4. The lowest BCUT2D eigenvalue weighted by atomic mass is 10.0. The zero-order chi connectivity index (χ0) is 13.0. The molecule has 96 valence electrons. The monoisotopic (exact) mass is 244 g/mol. The summed E-state index contributed by atoms with van der Waals surface area (Å²) in [6.07, 6.45) is 1.61. The van der Waals surface area contributed by atoms with E-state index in [1.165, 1.54) is 11.1 Å². The Hall–Kier alpha value is -1.68. The summed E-state index contributed by atoms with van der Waals surface area (Å²) in [5.74, 6) is 0.984. The molecule has 0 saturated carbocycles. The molecule has 1 N–H and O–H groups in total. The SMILES string of the molecule is CCn1ncnc1CN[C@H](C)c1ccccc1C. The van der Waals surface area contributed by atoms with Crippen LogP contribution >= 0.6 is 0 Å². The minimum absolute atomic E-state index is 0.313. The van der Waals surface area contributed by atoms with E-state index < -0.39 is 0 Å².